The van der Waals surface area contributed by atoms with Crippen LogP contribution in [-0.2, 0) is 9.16 Å². The molecule has 6 heteroatoms. The van der Waals surface area contributed by atoms with E-state index in [2.05, 4.69) is 33.9 Å². The molecule has 0 aromatic carbocycles. The van der Waals surface area contributed by atoms with Crippen molar-refractivity contribution in [2.45, 2.75) is 63.5 Å². The molecule has 0 heterocycles. The first-order chi connectivity index (χ1) is 8.01. The van der Waals surface area contributed by atoms with Gasteiger partial charge in [-0.25, -0.2) is 4.79 Å². The van der Waals surface area contributed by atoms with E-state index in [0.29, 0.717) is 12.8 Å². The van der Waals surface area contributed by atoms with Crippen LogP contribution >= 0.6 is 0 Å². The van der Waals surface area contributed by atoms with Crippen LogP contribution in [0.4, 0.5) is 4.79 Å². The monoisotopic (exact) mass is 275 g/mol. The number of hydrogen-bond donors (Lipinski definition) is 2. The molecule has 106 valence electrons. The van der Waals surface area contributed by atoms with Crippen molar-refractivity contribution in [3.05, 3.63) is 0 Å². The van der Waals surface area contributed by atoms with E-state index >= 15 is 0 Å². The molecule has 1 amide bonds. The third-order valence-corrected chi connectivity index (χ3v) is 8.61. The molecule has 0 aliphatic heterocycles. The molecule has 1 fully saturated rings. The Morgan fingerprint density at radius 3 is 2.28 bits per heavy atom. The second-order valence-electron chi connectivity index (χ2n) is 6.67. The first-order valence-corrected chi connectivity index (χ1v) is 9.19. The molecule has 1 saturated carbocycles. The zero-order valence-electron chi connectivity index (χ0n) is 11.9. The van der Waals surface area contributed by atoms with Gasteiger partial charge >= 0.3 is 6.09 Å². The smallest absolute Gasteiger partial charge is 0.405 e. The van der Waals surface area contributed by atoms with E-state index in [1.165, 1.54) is 0 Å². The Morgan fingerprint density at radius 2 is 1.94 bits per heavy atom. The molecule has 1 aliphatic carbocycles. The van der Waals surface area contributed by atoms with Gasteiger partial charge < -0.3 is 20.0 Å². The van der Waals surface area contributed by atoms with Crippen molar-refractivity contribution in [2.75, 3.05) is 6.61 Å². The summed E-state index contributed by atoms with van der Waals surface area (Å²) >= 11 is 0. The second-order valence-corrected chi connectivity index (χ2v) is 11.4. The zero-order chi connectivity index (χ0) is 14.2. The van der Waals surface area contributed by atoms with Gasteiger partial charge in [-0.2, -0.15) is 0 Å². The van der Waals surface area contributed by atoms with Crippen LogP contribution in [0.15, 0.2) is 0 Å². The summed E-state index contributed by atoms with van der Waals surface area (Å²) < 4.78 is 11.2. The fourth-order valence-electron chi connectivity index (χ4n) is 1.90. The Kier molecular flexibility index (Phi) is 4.15. The van der Waals surface area contributed by atoms with Crippen LogP contribution in [0.1, 0.15) is 33.6 Å². The lowest BCUT2D eigenvalue weighted by Gasteiger charge is -2.49. The Bertz CT molecular complexity index is 319. The quantitative estimate of drug-likeness (QED) is 0.769. The molecule has 1 rings (SSSR count). The fourth-order valence-corrected chi connectivity index (χ4v) is 3.26. The molecule has 0 saturated heterocycles. The van der Waals surface area contributed by atoms with Crippen LogP contribution in [0.5, 0.6) is 0 Å². The number of aliphatic hydroxyl groups is 1. The Labute approximate surface area is 110 Å². The topological polar surface area (TPSA) is 81.8 Å². The molecular formula is C12H25NO4Si. The number of ether oxygens (including phenoxy) is 1. The van der Waals surface area contributed by atoms with Gasteiger partial charge in [0.2, 0.25) is 0 Å². The molecule has 0 radical (unpaired) electrons. The number of aliphatic hydroxyl groups excluding tert-OH is 1. The van der Waals surface area contributed by atoms with E-state index < -0.39 is 20.0 Å². The lowest BCUT2D eigenvalue weighted by molar-refractivity contribution is -0.133. The summed E-state index contributed by atoms with van der Waals surface area (Å²) in [6.07, 6.45) is 0.268. The van der Waals surface area contributed by atoms with Crippen molar-refractivity contribution in [3.63, 3.8) is 0 Å². The predicted molar refractivity (Wildman–Crippen MR) is 71.8 cm³/mol. The molecule has 3 N–H and O–H groups in total. The molecule has 0 unspecified atom stereocenters. The standard InChI is InChI=1S/C12H25NO4Si/c1-11(2,3)18(4,5)17-9-6-12(7-9,8-14)16-10(13)15/h9,14H,6-8H2,1-5H3,(H2,13,15). The van der Waals surface area contributed by atoms with Crippen LogP contribution < -0.4 is 5.73 Å². The van der Waals surface area contributed by atoms with Gasteiger partial charge in [0.1, 0.15) is 5.60 Å². The Morgan fingerprint density at radius 1 is 1.44 bits per heavy atom. The van der Waals surface area contributed by atoms with Crippen LogP contribution in [0.25, 0.3) is 0 Å². The SMILES string of the molecule is CC(C)(C)[Si](C)(C)OC1CC(CO)(OC(N)=O)C1. The van der Waals surface area contributed by atoms with Gasteiger partial charge in [0, 0.05) is 12.8 Å². The first kappa shape index (κ1) is 15.5. The summed E-state index contributed by atoms with van der Waals surface area (Å²) in [6, 6.07) is 0. The third kappa shape index (κ3) is 3.24. The van der Waals surface area contributed by atoms with Crippen LogP contribution in [-0.4, -0.2) is 37.8 Å². The summed E-state index contributed by atoms with van der Waals surface area (Å²) in [5.74, 6) is 0. The van der Waals surface area contributed by atoms with E-state index in [1.54, 1.807) is 0 Å². The zero-order valence-corrected chi connectivity index (χ0v) is 12.9. The molecule has 0 spiro atoms. The van der Waals surface area contributed by atoms with Crippen LogP contribution in [0, 0.1) is 0 Å². The summed E-state index contributed by atoms with van der Waals surface area (Å²) in [6.45, 7) is 10.7. The van der Waals surface area contributed by atoms with Gasteiger partial charge in [-0.05, 0) is 18.1 Å². The summed E-state index contributed by atoms with van der Waals surface area (Å²) in [4.78, 5) is 10.8. The lowest BCUT2D eigenvalue weighted by Crippen LogP contribution is -2.58. The molecular weight excluding hydrogens is 250 g/mol. The van der Waals surface area contributed by atoms with Crippen molar-refractivity contribution in [2.24, 2.45) is 5.73 Å². The minimum atomic E-state index is -1.81. The molecule has 0 aromatic heterocycles. The second kappa shape index (κ2) is 4.83. The minimum absolute atomic E-state index is 0.0531. The van der Waals surface area contributed by atoms with E-state index in [9.17, 15) is 9.90 Å². The summed E-state index contributed by atoms with van der Waals surface area (Å²) in [7, 11) is -1.81. The van der Waals surface area contributed by atoms with Gasteiger partial charge in [0.05, 0.1) is 12.7 Å². The number of nitrogens with two attached hydrogens (primary N) is 1. The largest absolute Gasteiger partial charge is 0.440 e. The van der Waals surface area contributed by atoms with Crippen molar-refractivity contribution in [3.8, 4) is 0 Å². The number of primary amides is 1. The van der Waals surface area contributed by atoms with Crippen molar-refractivity contribution in [1.82, 2.24) is 0 Å². The number of carbonyl (C=O) groups excluding carboxylic acids is 1. The van der Waals surface area contributed by atoms with E-state index in [1.807, 2.05) is 0 Å². The fraction of sp³-hybridized carbons (Fsp3) is 0.917. The van der Waals surface area contributed by atoms with Gasteiger partial charge in [-0.3, -0.25) is 0 Å². The highest BCUT2D eigenvalue weighted by atomic mass is 28.4. The predicted octanol–water partition coefficient (Wildman–Crippen LogP) is 2.00. The van der Waals surface area contributed by atoms with Gasteiger partial charge in [0.25, 0.3) is 0 Å². The average molecular weight is 275 g/mol. The van der Waals surface area contributed by atoms with Crippen molar-refractivity contribution >= 4 is 14.4 Å². The summed E-state index contributed by atoms with van der Waals surface area (Å²) in [5, 5.41) is 9.43. The first-order valence-electron chi connectivity index (χ1n) is 6.28. The van der Waals surface area contributed by atoms with Gasteiger partial charge in [-0.1, -0.05) is 20.8 Å². The molecule has 5 nitrogen and oxygen atoms in total. The van der Waals surface area contributed by atoms with E-state index in [0.717, 1.165) is 0 Å². The van der Waals surface area contributed by atoms with E-state index in [4.69, 9.17) is 14.9 Å². The molecule has 0 atom stereocenters. The normalized spacial score (nSPS) is 28.7. The molecule has 1 aliphatic rings. The highest BCUT2D eigenvalue weighted by Gasteiger charge is 2.51. The van der Waals surface area contributed by atoms with Crippen molar-refractivity contribution < 1.29 is 19.1 Å². The lowest BCUT2D eigenvalue weighted by atomic mass is 9.78. The minimum Gasteiger partial charge on any atom is -0.440 e. The molecule has 18 heavy (non-hydrogen) atoms. The molecule has 0 aromatic rings. The third-order valence-electron chi connectivity index (χ3n) is 4.07. The van der Waals surface area contributed by atoms with Crippen LogP contribution in [0.2, 0.25) is 18.1 Å². The number of carbonyl (C=O) groups is 1. The highest BCUT2D eigenvalue weighted by Crippen LogP contribution is 2.44. The van der Waals surface area contributed by atoms with E-state index in [-0.39, 0.29) is 17.7 Å². The number of rotatable bonds is 4. The summed E-state index contributed by atoms with van der Waals surface area (Å²) in [5.41, 5.74) is 4.18. The van der Waals surface area contributed by atoms with Crippen LogP contribution in [0.3, 0.4) is 0 Å². The van der Waals surface area contributed by atoms with Gasteiger partial charge in [0.15, 0.2) is 8.32 Å². The van der Waals surface area contributed by atoms with Crippen molar-refractivity contribution in [1.29, 1.82) is 0 Å². The highest BCUT2D eigenvalue weighted by molar-refractivity contribution is 6.74. The van der Waals surface area contributed by atoms with Gasteiger partial charge in [-0.15, -0.1) is 0 Å². The maximum atomic E-state index is 10.8. The Balaban J connectivity index is 2.54. The number of hydrogen-bond acceptors (Lipinski definition) is 4. The maximum absolute atomic E-state index is 10.8. The Hall–Kier alpha value is -0.593. The maximum Gasteiger partial charge on any atom is 0.405 e. The molecule has 0 bridgehead atoms. The number of amides is 1. The average Bonchev–Trinajstić information content (AvgIpc) is 2.10.